The summed E-state index contributed by atoms with van der Waals surface area (Å²) < 4.78 is 0. The Kier molecular flexibility index (Phi) is 4.66. The van der Waals surface area contributed by atoms with Crippen molar-refractivity contribution in [2.45, 2.75) is 6.42 Å². The first-order valence-corrected chi connectivity index (χ1v) is 6.58. The van der Waals surface area contributed by atoms with Gasteiger partial charge >= 0.3 is 0 Å². The average molecular weight is 265 g/mol. The molecule has 102 valence electrons. The van der Waals surface area contributed by atoms with Crippen LogP contribution in [0.5, 0.6) is 0 Å². The van der Waals surface area contributed by atoms with Crippen molar-refractivity contribution in [3.63, 3.8) is 0 Å². The van der Waals surface area contributed by atoms with Gasteiger partial charge in [0, 0.05) is 19.8 Å². The number of hydrogen-bond acceptors (Lipinski definition) is 3. The first-order valence-electron chi connectivity index (χ1n) is 6.58. The van der Waals surface area contributed by atoms with Crippen LogP contribution in [0.4, 0.5) is 17.1 Å². The second-order valence-electron chi connectivity index (χ2n) is 4.74. The molecule has 0 fully saturated rings. The van der Waals surface area contributed by atoms with E-state index in [4.69, 9.17) is 0 Å². The van der Waals surface area contributed by atoms with Crippen molar-refractivity contribution in [3.05, 3.63) is 66.7 Å². The van der Waals surface area contributed by atoms with Crippen LogP contribution in [-0.4, -0.2) is 14.1 Å². The Morgan fingerprint density at radius 2 is 1.70 bits per heavy atom. The highest BCUT2D eigenvalue weighted by Crippen LogP contribution is 2.26. The Bertz CT molecular complexity index is 601. The van der Waals surface area contributed by atoms with Crippen molar-refractivity contribution in [3.8, 4) is 0 Å². The zero-order valence-corrected chi connectivity index (χ0v) is 12.0. The molecule has 0 saturated carbocycles. The minimum Gasteiger partial charge on any atom is -0.377 e. The summed E-state index contributed by atoms with van der Waals surface area (Å²) in [4.78, 5) is 2.09. The molecule has 0 aliphatic rings. The van der Waals surface area contributed by atoms with E-state index in [9.17, 15) is 0 Å². The molecule has 0 heterocycles. The molecule has 3 nitrogen and oxygen atoms in total. The lowest BCUT2D eigenvalue weighted by Gasteiger charge is -2.16. The SMILES string of the molecule is C=CCc1cc(N=Nc2ccccc2)ccc1N(C)C. The normalized spacial score (nSPS) is 10.7. The highest BCUT2D eigenvalue weighted by Gasteiger charge is 2.04. The Morgan fingerprint density at radius 3 is 2.35 bits per heavy atom. The number of hydrogen-bond donors (Lipinski definition) is 0. The monoisotopic (exact) mass is 265 g/mol. The minimum atomic E-state index is 0.822. The number of azo groups is 1. The van der Waals surface area contributed by atoms with Crippen LogP contribution in [0.15, 0.2) is 71.4 Å². The number of allylic oxidation sites excluding steroid dienone is 1. The molecule has 0 unspecified atom stereocenters. The van der Waals surface area contributed by atoms with Gasteiger partial charge in [0.15, 0.2) is 0 Å². The van der Waals surface area contributed by atoms with Gasteiger partial charge in [-0.1, -0.05) is 24.3 Å². The molecule has 0 N–H and O–H groups in total. The number of benzene rings is 2. The third-order valence-corrected chi connectivity index (χ3v) is 2.95. The van der Waals surface area contributed by atoms with Gasteiger partial charge in [-0.15, -0.1) is 6.58 Å². The van der Waals surface area contributed by atoms with Gasteiger partial charge in [0.2, 0.25) is 0 Å². The molecule has 0 aliphatic heterocycles. The highest BCUT2D eigenvalue weighted by atomic mass is 15.1. The third-order valence-electron chi connectivity index (χ3n) is 2.95. The molecule has 0 amide bonds. The van der Waals surface area contributed by atoms with Gasteiger partial charge < -0.3 is 4.90 Å². The summed E-state index contributed by atoms with van der Waals surface area (Å²) in [6.45, 7) is 3.81. The van der Waals surface area contributed by atoms with E-state index in [1.807, 2.05) is 56.6 Å². The summed E-state index contributed by atoms with van der Waals surface area (Å²) in [6.07, 6.45) is 2.72. The van der Waals surface area contributed by atoms with E-state index >= 15 is 0 Å². The largest absolute Gasteiger partial charge is 0.377 e. The van der Waals surface area contributed by atoms with Crippen LogP contribution in [0.2, 0.25) is 0 Å². The van der Waals surface area contributed by atoms with Crippen molar-refractivity contribution < 1.29 is 0 Å². The predicted octanol–water partition coefficient (Wildman–Crippen LogP) is 4.90. The molecule has 0 bridgehead atoms. The standard InChI is InChI=1S/C17H19N3/c1-4-8-14-13-16(11-12-17(14)20(2)3)19-18-15-9-6-5-7-10-15/h4-7,9-13H,1,8H2,2-3H3. The fourth-order valence-corrected chi connectivity index (χ4v) is 2.00. The average Bonchev–Trinajstić information content (AvgIpc) is 2.46. The van der Waals surface area contributed by atoms with Crippen LogP contribution >= 0.6 is 0 Å². The molecular weight excluding hydrogens is 246 g/mol. The summed E-state index contributed by atoms with van der Waals surface area (Å²) in [5.41, 5.74) is 4.10. The molecule has 0 atom stereocenters. The zero-order chi connectivity index (χ0) is 14.4. The van der Waals surface area contributed by atoms with Gasteiger partial charge in [-0.3, -0.25) is 0 Å². The molecule has 3 heteroatoms. The van der Waals surface area contributed by atoms with Crippen LogP contribution in [0.3, 0.4) is 0 Å². The lowest BCUT2D eigenvalue weighted by molar-refractivity contribution is 1.09. The fourth-order valence-electron chi connectivity index (χ4n) is 2.00. The minimum absolute atomic E-state index is 0.822. The number of rotatable bonds is 5. The van der Waals surface area contributed by atoms with E-state index in [0.29, 0.717) is 0 Å². The maximum Gasteiger partial charge on any atom is 0.0861 e. The molecule has 2 aromatic carbocycles. The van der Waals surface area contributed by atoms with Crippen molar-refractivity contribution in [2.24, 2.45) is 10.2 Å². The first kappa shape index (κ1) is 14.0. The third kappa shape index (κ3) is 3.54. The Morgan fingerprint density at radius 1 is 1.00 bits per heavy atom. The van der Waals surface area contributed by atoms with E-state index in [2.05, 4.69) is 33.8 Å². The van der Waals surface area contributed by atoms with Gasteiger partial charge in [-0.25, -0.2) is 0 Å². The summed E-state index contributed by atoms with van der Waals surface area (Å²) in [5, 5.41) is 8.53. The Balaban J connectivity index is 2.27. The molecular formula is C17H19N3. The molecule has 0 aromatic heterocycles. The van der Waals surface area contributed by atoms with Crippen LogP contribution in [0, 0.1) is 0 Å². The lowest BCUT2D eigenvalue weighted by atomic mass is 10.1. The molecule has 0 radical (unpaired) electrons. The lowest BCUT2D eigenvalue weighted by Crippen LogP contribution is -2.10. The van der Waals surface area contributed by atoms with Crippen LogP contribution in [0.1, 0.15) is 5.56 Å². The van der Waals surface area contributed by atoms with Crippen molar-refractivity contribution in [1.82, 2.24) is 0 Å². The zero-order valence-electron chi connectivity index (χ0n) is 12.0. The first-order chi connectivity index (χ1) is 9.70. The smallest absolute Gasteiger partial charge is 0.0861 e. The van der Waals surface area contributed by atoms with Crippen LogP contribution in [0.25, 0.3) is 0 Å². The topological polar surface area (TPSA) is 28.0 Å². The van der Waals surface area contributed by atoms with E-state index in [-0.39, 0.29) is 0 Å². The molecule has 0 saturated heterocycles. The molecule has 20 heavy (non-hydrogen) atoms. The maximum atomic E-state index is 4.29. The van der Waals surface area contributed by atoms with Gasteiger partial charge in [-0.05, 0) is 42.3 Å². The van der Waals surface area contributed by atoms with Gasteiger partial charge in [0.25, 0.3) is 0 Å². The van der Waals surface area contributed by atoms with E-state index < -0.39 is 0 Å². The summed E-state index contributed by atoms with van der Waals surface area (Å²) in [5.74, 6) is 0. The van der Waals surface area contributed by atoms with E-state index in [1.165, 1.54) is 11.3 Å². The predicted molar refractivity (Wildman–Crippen MR) is 85.3 cm³/mol. The van der Waals surface area contributed by atoms with Crippen molar-refractivity contribution in [1.29, 1.82) is 0 Å². The molecule has 2 aromatic rings. The summed E-state index contributed by atoms with van der Waals surface area (Å²) in [7, 11) is 4.07. The quantitative estimate of drug-likeness (QED) is 0.558. The van der Waals surface area contributed by atoms with Gasteiger partial charge in [0.05, 0.1) is 11.4 Å². The maximum absolute atomic E-state index is 4.29. The van der Waals surface area contributed by atoms with E-state index in [1.54, 1.807) is 0 Å². The van der Waals surface area contributed by atoms with E-state index in [0.717, 1.165) is 17.8 Å². The summed E-state index contributed by atoms with van der Waals surface area (Å²) in [6, 6.07) is 15.8. The van der Waals surface area contributed by atoms with Crippen molar-refractivity contribution in [2.75, 3.05) is 19.0 Å². The highest BCUT2D eigenvalue weighted by molar-refractivity contribution is 5.59. The molecule has 0 spiro atoms. The second-order valence-corrected chi connectivity index (χ2v) is 4.74. The molecule has 0 aliphatic carbocycles. The Labute approximate surface area is 120 Å². The van der Waals surface area contributed by atoms with Crippen LogP contribution < -0.4 is 4.90 Å². The van der Waals surface area contributed by atoms with Crippen LogP contribution in [-0.2, 0) is 6.42 Å². The van der Waals surface area contributed by atoms with Gasteiger partial charge in [-0.2, -0.15) is 10.2 Å². The molecule has 2 rings (SSSR count). The van der Waals surface area contributed by atoms with Crippen molar-refractivity contribution >= 4 is 17.1 Å². The second kappa shape index (κ2) is 6.66. The number of anilines is 1. The van der Waals surface area contributed by atoms with Gasteiger partial charge in [0.1, 0.15) is 0 Å². The summed E-state index contributed by atoms with van der Waals surface area (Å²) >= 11 is 0. The number of nitrogens with zero attached hydrogens (tertiary/aromatic N) is 3. The Hall–Kier alpha value is -2.42. The fraction of sp³-hybridized carbons (Fsp3) is 0.176.